The Hall–Kier alpha value is -2.66. The monoisotopic (exact) mass is 371 g/mol. The van der Waals surface area contributed by atoms with Gasteiger partial charge in [0, 0.05) is 30.1 Å². The first kappa shape index (κ1) is 18.1. The van der Waals surface area contributed by atoms with Gasteiger partial charge in [-0.05, 0) is 42.8 Å². The van der Waals surface area contributed by atoms with Crippen LogP contribution < -0.4 is 4.74 Å². The number of amides is 1. The van der Waals surface area contributed by atoms with E-state index in [2.05, 4.69) is 0 Å². The summed E-state index contributed by atoms with van der Waals surface area (Å²) < 4.78 is 5.35. The third-order valence-electron chi connectivity index (χ3n) is 4.35. The second-order valence-electron chi connectivity index (χ2n) is 6.27. The number of nitrogens with zero attached hydrogens (tertiary/aromatic N) is 1. The van der Waals surface area contributed by atoms with E-state index in [-0.39, 0.29) is 18.1 Å². The third kappa shape index (κ3) is 4.11. The largest absolute Gasteiger partial charge is 0.426 e. The van der Waals surface area contributed by atoms with Gasteiger partial charge in [-0.3, -0.25) is 14.4 Å². The van der Waals surface area contributed by atoms with Gasteiger partial charge in [0.05, 0.1) is 5.92 Å². The number of likely N-dealkylation sites (tertiary alicyclic amines) is 1. The van der Waals surface area contributed by atoms with Crippen LogP contribution in [0.2, 0.25) is 5.02 Å². The zero-order valence-corrected chi connectivity index (χ0v) is 15.0. The zero-order chi connectivity index (χ0) is 18.7. The molecule has 0 bridgehead atoms. The molecule has 0 aromatic heterocycles. The molecule has 1 amide bonds. The highest BCUT2D eigenvalue weighted by atomic mass is 35.5. The van der Waals surface area contributed by atoms with E-state index in [4.69, 9.17) is 16.3 Å². The van der Waals surface area contributed by atoms with Gasteiger partial charge in [0.25, 0.3) is 0 Å². The first-order valence-corrected chi connectivity index (χ1v) is 8.65. The van der Waals surface area contributed by atoms with Crippen LogP contribution in [0.1, 0.15) is 29.3 Å². The van der Waals surface area contributed by atoms with Gasteiger partial charge in [-0.25, -0.2) is 0 Å². The summed E-state index contributed by atoms with van der Waals surface area (Å²) in [6.45, 7) is 2.14. The number of ether oxygens (including phenoxy) is 1. The molecular formula is C20H18ClNO4. The molecule has 1 atom stereocenters. The standard InChI is InChI=1S/C20H18ClNO4/c1-13(23)14-6-8-17(9-7-14)26-20(25)16-10-19(24)22(12-16)11-15-4-2-3-5-18(15)21/h2-9,16H,10-12H2,1H3/t16-/m0/s1. The minimum absolute atomic E-state index is 0.0560. The summed E-state index contributed by atoms with van der Waals surface area (Å²) in [5, 5.41) is 0.594. The fraction of sp³-hybridized carbons (Fsp3) is 0.250. The van der Waals surface area contributed by atoms with E-state index in [1.165, 1.54) is 6.92 Å². The maximum absolute atomic E-state index is 12.3. The minimum atomic E-state index is -0.516. The van der Waals surface area contributed by atoms with E-state index in [1.54, 1.807) is 35.2 Å². The molecule has 2 aromatic carbocycles. The summed E-state index contributed by atoms with van der Waals surface area (Å²) in [6, 6.07) is 13.7. The van der Waals surface area contributed by atoms with Gasteiger partial charge in [-0.1, -0.05) is 29.8 Å². The summed E-state index contributed by atoms with van der Waals surface area (Å²) in [5.74, 6) is -0.761. The van der Waals surface area contributed by atoms with E-state index in [0.717, 1.165) is 5.56 Å². The van der Waals surface area contributed by atoms with Crippen LogP contribution in [0, 0.1) is 5.92 Å². The quantitative estimate of drug-likeness (QED) is 0.458. The first-order chi connectivity index (χ1) is 12.4. The number of hydrogen-bond donors (Lipinski definition) is 0. The highest BCUT2D eigenvalue weighted by molar-refractivity contribution is 6.31. The number of carbonyl (C=O) groups is 3. The highest BCUT2D eigenvalue weighted by Gasteiger charge is 2.35. The van der Waals surface area contributed by atoms with Crippen LogP contribution in [0.3, 0.4) is 0 Å². The Morgan fingerprint density at radius 2 is 1.85 bits per heavy atom. The molecule has 0 saturated carbocycles. The summed E-state index contributed by atoms with van der Waals surface area (Å²) in [7, 11) is 0. The molecule has 26 heavy (non-hydrogen) atoms. The smallest absolute Gasteiger partial charge is 0.316 e. The van der Waals surface area contributed by atoms with Crippen molar-refractivity contribution in [1.82, 2.24) is 4.90 Å². The van der Waals surface area contributed by atoms with Crippen LogP contribution in [0.5, 0.6) is 5.75 Å². The molecule has 1 aliphatic rings. The summed E-state index contributed by atoms with van der Waals surface area (Å²) in [6.07, 6.45) is 0.120. The molecule has 1 aliphatic heterocycles. The zero-order valence-electron chi connectivity index (χ0n) is 14.3. The maximum atomic E-state index is 12.3. The van der Waals surface area contributed by atoms with Crippen LogP contribution >= 0.6 is 11.6 Å². The molecule has 134 valence electrons. The number of carbonyl (C=O) groups excluding carboxylic acids is 3. The van der Waals surface area contributed by atoms with Gasteiger partial charge in [-0.15, -0.1) is 0 Å². The normalized spacial score (nSPS) is 16.6. The van der Waals surface area contributed by atoms with Crippen molar-refractivity contribution >= 4 is 29.3 Å². The van der Waals surface area contributed by atoms with Gasteiger partial charge in [0.15, 0.2) is 5.78 Å². The average Bonchev–Trinajstić information content (AvgIpc) is 2.98. The Morgan fingerprint density at radius 3 is 2.50 bits per heavy atom. The third-order valence-corrected chi connectivity index (χ3v) is 4.71. The molecule has 0 aliphatic carbocycles. The fourth-order valence-electron chi connectivity index (χ4n) is 2.87. The molecule has 1 heterocycles. The van der Waals surface area contributed by atoms with Crippen molar-refractivity contribution in [3.63, 3.8) is 0 Å². The van der Waals surface area contributed by atoms with Crippen LogP contribution in [-0.4, -0.2) is 29.1 Å². The summed E-state index contributed by atoms with van der Waals surface area (Å²) in [4.78, 5) is 37.5. The second-order valence-corrected chi connectivity index (χ2v) is 6.68. The lowest BCUT2D eigenvalue weighted by Crippen LogP contribution is -2.27. The van der Waals surface area contributed by atoms with Crippen LogP contribution in [0.4, 0.5) is 0 Å². The number of Topliss-reactive ketones (excluding diaryl/α,β-unsaturated/α-hetero) is 1. The van der Waals surface area contributed by atoms with Gasteiger partial charge in [-0.2, -0.15) is 0 Å². The Kier molecular flexibility index (Phi) is 5.38. The fourth-order valence-corrected chi connectivity index (χ4v) is 3.07. The van der Waals surface area contributed by atoms with E-state index in [1.807, 2.05) is 18.2 Å². The van der Waals surface area contributed by atoms with Crippen LogP contribution in [0.15, 0.2) is 48.5 Å². The van der Waals surface area contributed by atoms with Crippen molar-refractivity contribution in [3.8, 4) is 5.75 Å². The van der Waals surface area contributed by atoms with Crippen LogP contribution in [-0.2, 0) is 16.1 Å². The predicted molar refractivity (Wildman–Crippen MR) is 97.1 cm³/mol. The van der Waals surface area contributed by atoms with Crippen molar-refractivity contribution in [2.24, 2.45) is 5.92 Å². The Labute approximate surface area is 156 Å². The second kappa shape index (κ2) is 7.70. The van der Waals surface area contributed by atoms with Crippen LogP contribution in [0.25, 0.3) is 0 Å². The SMILES string of the molecule is CC(=O)c1ccc(OC(=O)[C@H]2CC(=O)N(Cc3ccccc3Cl)C2)cc1. The minimum Gasteiger partial charge on any atom is -0.426 e. The number of rotatable bonds is 5. The molecule has 3 rings (SSSR count). The van der Waals surface area contributed by atoms with Crippen molar-refractivity contribution in [2.45, 2.75) is 19.9 Å². The molecular weight excluding hydrogens is 354 g/mol. The molecule has 1 saturated heterocycles. The van der Waals surface area contributed by atoms with Crippen molar-refractivity contribution in [2.75, 3.05) is 6.54 Å². The first-order valence-electron chi connectivity index (χ1n) is 8.28. The predicted octanol–water partition coefficient (Wildman–Crippen LogP) is 3.50. The Morgan fingerprint density at radius 1 is 1.15 bits per heavy atom. The molecule has 0 radical (unpaired) electrons. The topological polar surface area (TPSA) is 63.7 Å². The number of hydrogen-bond acceptors (Lipinski definition) is 4. The van der Waals surface area contributed by atoms with Crippen molar-refractivity contribution in [1.29, 1.82) is 0 Å². The lowest BCUT2D eigenvalue weighted by molar-refractivity contribution is -0.139. The van der Waals surface area contributed by atoms with Crippen molar-refractivity contribution in [3.05, 3.63) is 64.7 Å². The molecule has 0 spiro atoms. The van der Waals surface area contributed by atoms with Gasteiger partial charge in [0.2, 0.25) is 5.91 Å². The van der Waals surface area contributed by atoms with E-state index < -0.39 is 11.9 Å². The maximum Gasteiger partial charge on any atom is 0.316 e. The number of halogens is 1. The lowest BCUT2D eigenvalue weighted by Gasteiger charge is -2.17. The van der Waals surface area contributed by atoms with Gasteiger partial charge < -0.3 is 9.64 Å². The van der Waals surface area contributed by atoms with E-state index in [9.17, 15) is 14.4 Å². The average molecular weight is 372 g/mol. The number of ketones is 1. The Balaban J connectivity index is 1.61. The number of esters is 1. The highest BCUT2D eigenvalue weighted by Crippen LogP contribution is 2.25. The molecule has 0 unspecified atom stereocenters. The van der Waals surface area contributed by atoms with Gasteiger partial charge >= 0.3 is 5.97 Å². The van der Waals surface area contributed by atoms with E-state index >= 15 is 0 Å². The lowest BCUT2D eigenvalue weighted by atomic mass is 10.1. The van der Waals surface area contributed by atoms with Gasteiger partial charge in [0.1, 0.15) is 5.75 Å². The number of benzene rings is 2. The summed E-state index contributed by atoms with van der Waals surface area (Å²) in [5.41, 5.74) is 1.39. The molecule has 1 fully saturated rings. The Bertz CT molecular complexity index is 847. The van der Waals surface area contributed by atoms with E-state index in [0.29, 0.717) is 29.4 Å². The van der Waals surface area contributed by atoms with Crippen molar-refractivity contribution < 1.29 is 19.1 Å². The molecule has 2 aromatic rings. The molecule has 5 nitrogen and oxygen atoms in total. The molecule has 0 N–H and O–H groups in total. The molecule has 6 heteroatoms. The summed E-state index contributed by atoms with van der Waals surface area (Å²) >= 11 is 6.14.